The fourth-order valence-corrected chi connectivity index (χ4v) is 4.86. The van der Waals surface area contributed by atoms with Crippen molar-refractivity contribution >= 4 is 28.7 Å². The molecule has 0 unspecified atom stereocenters. The number of anilines is 2. The van der Waals surface area contributed by atoms with Crippen molar-refractivity contribution in [2.24, 2.45) is 5.92 Å². The van der Waals surface area contributed by atoms with Gasteiger partial charge in [-0.25, -0.2) is 19.9 Å². The molecule has 1 aromatic carbocycles. The van der Waals surface area contributed by atoms with Gasteiger partial charge in [-0.05, 0) is 49.6 Å². The second-order valence-corrected chi connectivity index (χ2v) is 9.71. The van der Waals surface area contributed by atoms with Crippen LogP contribution in [0.3, 0.4) is 0 Å². The second kappa shape index (κ2) is 9.78. The van der Waals surface area contributed by atoms with Gasteiger partial charge in [0.05, 0.1) is 23.8 Å². The summed E-state index contributed by atoms with van der Waals surface area (Å²) in [6.07, 6.45) is 5.49. The Labute approximate surface area is 215 Å². The number of nitrogens with one attached hydrogen (secondary N) is 2. The van der Waals surface area contributed by atoms with E-state index in [2.05, 4.69) is 41.2 Å². The summed E-state index contributed by atoms with van der Waals surface area (Å²) < 4.78 is 5.53. The smallest absolute Gasteiger partial charge is 0.225 e. The second-order valence-electron chi connectivity index (χ2n) is 9.71. The molecule has 0 spiro atoms. The van der Waals surface area contributed by atoms with Gasteiger partial charge in [0.25, 0.3) is 0 Å². The van der Waals surface area contributed by atoms with Crippen molar-refractivity contribution in [2.45, 2.75) is 26.3 Å². The summed E-state index contributed by atoms with van der Waals surface area (Å²) in [5, 5.41) is 3.30. The SMILES string of the molecule is COc1c(C)ncnc1-c1ccc2nc(Nc3cc(CN4CCN(C(=O)C5CC5)CC4)ccn3)[nH]c2c1. The predicted molar refractivity (Wildman–Crippen MR) is 141 cm³/mol. The van der Waals surface area contributed by atoms with E-state index in [0.717, 1.165) is 79.4 Å². The third-order valence-corrected chi connectivity index (χ3v) is 7.03. The van der Waals surface area contributed by atoms with Crippen LogP contribution in [0.4, 0.5) is 11.8 Å². The lowest BCUT2D eigenvalue weighted by molar-refractivity contribution is -0.134. The van der Waals surface area contributed by atoms with Crippen LogP contribution in [0.2, 0.25) is 0 Å². The van der Waals surface area contributed by atoms with Crippen LogP contribution in [-0.4, -0.2) is 73.9 Å². The number of hydrogen-bond acceptors (Lipinski definition) is 8. The number of ether oxygens (including phenoxy) is 1. The van der Waals surface area contributed by atoms with E-state index in [1.54, 1.807) is 13.4 Å². The van der Waals surface area contributed by atoms with Crippen LogP contribution in [0.15, 0.2) is 42.9 Å². The Morgan fingerprint density at radius 3 is 2.73 bits per heavy atom. The first-order valence-electron chi connectivity index (χ1n) is 12.7. The molecule has 190 valence electrons. The maximum atomic E-state index is 12.3. The normalized spacial score (nSPS) is 16.2. The zero-order chi connectivity index (χ0) is 25.4. The highest BCUT2D eigenvalue weighted by Crippen LogP contribution is 2.32. The monoisotopic (exact) mass is 498 g/mol. The number of aromatic amines is 1. The standard InChI is InChI=1S/C27H30N8O2/c1-17-25(37-2)24(30-16-29-17)20-5-6-21-22(14-20)32-27(31-21)33-23-13-18(7-8-28-23)15-34-9-11-35(12-10-34)26(36)19-3-4-19/h5-8,13-14,16,19H,3-4,9-12,15H2,1-2H3,(H2,28,31,32,33). The predicted octanol–water partition coefficient (Wildman–Crippen LogP) is 3.53. The van der Waals surface area contributed by atoms with Crippen LogP contribution < -0.4 is 10.1 Å². The van der Waals surface area contributed by atoms with E-state index in [4.69, 9.17) is 4.74 Å². The molecule has 2 aliphatic rings. The Hall–Kier alpha value is -4.05. The summed E-state index contributed by atoms with van der Waals surface area (Å²) in [4.78, 5) is 37.9. The van der Waals surface area contributed by atoms with Gasteiger partial charge >= 0.3 is 0 Å². The van der Waals surface area contributed by atoms with Gasteiger partial charge in [-0.3, -0.25) is 9.69 Å². The van der Waals surface area contributed by atoms with Crippen molar-refractivity contribution in [1.82, 2.24) is 34.7 Å². The lowest BCUT2D eigenvalue weighted by Crippen LogP contribution is -2.48. The summed E-state index contributed by atoms with van der Waals surface area (Å²) in [5.41, 5.74) is 5.35. The van der Waals surface area contributed by atoms with Crippen molar-refractivity contribution in [3.05, 3.63) is 54.1 Å². The molecule has 0 atom stereocenters. The number of methoxy groups -OCH3 is 1. The van der Waals surface area contributed by atoms with Gasteiger partial charge < -0.3 is 19.9 Å². The van der Waals surface area contributed by atoms with Crippen LogP contribution in [0, 0.1) is 12.8 Å². The van der Waals surface area contributed by atoms with Crippen molar-refractivity contribution in [1.29, 1.82) is 0 Å². The molecular formula is C27H30N8O2. The maximum absolute atomic E-state index is 12.3. The molecule has 1 aliphatic heterocycles. The zero-order valence-electron chi connectivity index (χ0n) is 21.1. The van der Waals surface area contributed by atoms with Crippen molar-refractivity contribution in [2.75, 3.05) is 38.6 Å². The van der Waals surface area contributed by atoms with Gasteiger partial charge in [-0.2, -0.15) is 0 Å². The molecule has 10 heteroatoms. The average Bonchev–Trinajstić information content (AvgIpc) is 3.68. The molecule has 4 heterocycles. The van der Waals surface area contributed by atoms with E-state index < -0.39 is 0 Å². The summed E-state index contributed by atoms with van der Waals surface area (Å²) in [5.74, 6) is 2.66. The number of benzene rings is 1. The number of carbonyl (C=O) groups excluding carboxylic acids is 1. The molecule has 4 aromatic rings. The first kappa shape index (κ1) is 23.4. The molecule has 1 amide bonds. The van der Waals surface area contributed by atoms with Gasteiger partial charge in [-0.1, -0.05) is 6.07 Å². The molecule has 0 bridgehead atoms. The minimum atomic E-state index is 0.296. The van der Waals surface area contributed by atoms with Gasteiger partial charge in [0, 0.05) is 50.4 Å². The number of piperazine rings is 1. The number of pyridine rings is 1. The van der Waals surface area contributed by atoms with E-state index in [0.29, 0.717) is 23.5 Å². The molecular weight excluding hydrogens is 468 g/mol. The fraction of sp³-hybridized carbons (Fsp3) is 0.370. The van der Waals surface area contributed by atoms with Gasteiger partial charge in [0.15, 0.2) is 5.75 Å². The Bertz CT molecular complexity index is 1440. The molecule has 2 N–H and O–H groups in total. The molecule has 1 aliphatic carbocycles. The highest BCUT2D eigenvalue weighted by atomic mass is 16.5. The van der Waals surface area contributed by atoms with Crippen LogP contribution >= 0.6 is 0 Å². The number of aryl methyl sites for hydroxylation is 1. The quantitative estimate of drug-likeness (QED) is 0.398. The van der Waals surface area contributed by atoms with Crippen LogP contribution in [0.25, 0.3) is 22.3 Å². The van der Waals surface area contributed by atoms with E-state index in [1.807, 2.05) is 42.3 Å². The van der Waals surface area contributed by atoms with Crippen molar-refractivity contribution < 1.29 is 9.53 Å². The summed E-state index contributed by atoms with van der Waals surface area (Å²) in [6.45, 7) is 6.14. The number of hydrogen-bond donors (Lipinski definition) is 2. The molecule has 37 heavy (non-hydrogen) atoms. The number of carbonyl (C=O) groups is 1. The minimum absolute atomic E-state index is 0.296. The lowest BCUT2D eigenvalue weighted by atomic mass is 10.1. The highest BCUT2D eigenvalue weighted by Gasteiger charge is 2.34. The number of H-pyrrole nitrogens is 1. The molecule has 2 fully saturated rings. The van der Waals surface area contributed by atoms with E-state index in [-0.39, 0.29) is 0 Å². The Morgan fingerprint density at radius 1 is 1.11 bits per heavy atom. The maximum Gasteiger partial charge on any atom is 0.225 e. The van der Waals surface area contributed by atoms with Gasteiger partial charge in [0.2, 0.25) is 11.9 Å². The van der Waals surface area contributed by atoms with E-state index >= 15 is 0 Å². The molecule has 10 nitrogen and oxygen atoms in total. The fourth-order valence-electron chi connectivity index (χ4n) is 4.86. The van der Waals surface area contributed by atoms with Crippen LogP contribution in [0.5, 0.6) is 5.75 Å². The molecule has 1 saturated heterocycles. The summed E-state index contributed by atoms with van der Waals surface area (Å²) in [7, 11) is 1.63. The van der Waals surface area contributed by atoms with Crippen molar-refractivity contribution in [3.8, 4) is 17.0 Å². The lowest BCUT2D eigenvalue weighted by Gasteiger charge is -2.34. The molecule has 6 rings (SSSR count). The van der Waals surface area contributed by atoms with E-state index in [1.165, 1.54) is 5.56 Å². The number of aromatic nitrogens is 5. The summed E-state index contributed by atoms with van der Waals surface area (Å²) >= 11 is 0. The highest BCUT2D eigenvalue weighted by molar-refractivity contribution is 5.84. The first-order valence-corrected chi connectivity index (χ1v) is 12.7. The van der Waals surface area contributed by atoms with E-state index in [9.17, 15) is 4.79 Å². The molecule has 3 aromatic heterocycles. The van der Waals surface area contributed by atoms with Crippen LogP contribution in [0.1, 0.15) is 24.1 Å². The van der Waals surface area contributed by atoms with Gasteiger partial charge in [-0.15, -0.1) is 0 Å². The van der Waals surface area contributed by atoms with Crippen LogP contribution in [-0.2, 0) is 11.3 Å². The first-order chi connectivity index (χ1) is 18.1. The number of imidazole rings is 1. The zero-order valence-corrected chi connectivity index (χ0v) is 21.1. The number of fused-ring (bicyclic) bond motifs is 1. The third kappa shape index (κ3) is 4.97. The average molecular weight is 499 g/mol. The number of amides is 1. The van der Waals surface area contributed by atoms with Crippen molar-refractivity contribution in [3.63, 3.8) is 0 Å². The van der Waals surface area contributed by atoms with Gasteiger partial charge in [0.1, 0.15) is 17.8 Å². The molecule has 0 radical (unpaired) electrons. The third-order valence-electron chi connectivity index (χ3n) is 7.03. The number of nitrogens with zero attached hydrogens (tertiary/aromatic N) is 6. The molecule has 1 saturated carbocycles. The number of rotatable bonds is 7. The summed E-state index contributed by atoms with van der Waals surface area (Å²) in [6, 6.07) is 10.0. The Kier molecular flexibility index (Phi) is 6.17. The topological polar surface area (TPSA) is 112 Å². The largest absolute Gasteiger partial charge is 0.493 e. The Balaban J connectivity index is 1.13. The Morgan fingerprint density at radius 2 is 1.95 bits per heavy atom. The minimum Gasteiger partial charge on any atom is -0.493 e.